The van der Waals surface area contributed by atoms with Gasteiger partial charge in [0.25, 0.3) is 0 Å². The summed E-state index contributed by atoms with van der Waals surface area (Å²) in [4.78, 5) is 19.3. The van der Waals surface area contributed by atoms with E-state index in [0.29, 0.717) is 17.5 Å². The minimum absolute atomic E-state index is 0.621. The Morgan fingerprint density at radius 1 is 0.358 bits per heavy atom. The molecule has 0 saturated heterocycles. The molecule has 0 aliphatic rings. The maximum atomic E-state index is 5.03. The fraction of sp³-hybridized carbons (Fsp3) is 0. The fourth-order valence-corrected chi connectivity index (χ4v) is 7.36. The zero-order valence-corrected chi connectivity index (χ0v) is 28.6. The number of hydrogen-bond acceptors (Lipinski definition) is 4. The van der Waals surface area contributed by atoms with Crippen LogP contribution in [0.25, 0.3) is 94.7 Å². The largest absolute Gasteiger partial charge is 0.309 e. The van der Waals surface area contributed by atoms with Crippen molar-refractivity contribution < 1.29 is 0 Å². The van der Waals surface area contributed by atoms with Crippen molar-refractivity contribution in [1.29, 1.82) is 0 Å². The molecule has 0 atom stereocenters. The molecule has 53 heavy (non-hydrogen) atoms. The third-order valence-electron chi connectivity index (χ3n) is 9.93. The Balaban J connectivity index is 1.08. The molecule has 3 heterocycles. The molecule has 0 unspecified atom stereocenters. The number of hydrogen-bond donors (Lipinski definition) is 0. The second kappa shape index (κ2) is 12.8. The van der Waals surface area contributed by atoms with Gasteiger partial charge in [-0.2, -0.15) is 0 Å². The first-order chi connectivity index (χ1) is 26.3. The molecule has 0 radical (unpaired) electrons. The average Bonchev–Trinajstić information content (AvgIpc) is 3.59. The molecule has 0 bridgehead atoms. The van der Waals surface area contributed by atoms with Gasteiger partial charge in [0.15, 0.2) is 17.5 Å². The minimum Gasteiger partial charge on any atom is -0.309 e. The van der Waals surface area contributed by atoms with Crippen LogP contribution >= 0.6 is 0 Å². The van der Waals surface area contributed by atoms with E-state index in [9.17, 15) is 0 Å². The molecule has 5 nitrogen and oxygen atoms in total. The fourth-order valence-electron chi connectivity index (χ4n) is 7.36. The zero-order valence-electron chi connectivity index (χ0n) is 28.6. The van der Waals surface area contributed by atoms with E-state index < -0.39 is 0 Å². The molecule has 0 aliphatic carbocycles. The lowest BCUT2D eigenvalue weighted by Gasteiger charge is -2.10. The number of para-hydroxylation sites is 1. The number of fused-ring (bicyclic) bond motifs is 5. The maximum absolute atomic E-state index is 5.03. The summed E-state index contributed by atoms with van der Waals surface area (Å²) in [6.45, 7) is 0. The highest BCUT2D eigenvalue weighted by Crippen LogP contribution is 2.39. The number of rotatable bonds is 6. The second-order valence-corrected chi connectivity index (χ2v) is 13.2. The van der Waals surface area contributed by atoms with Crippen LogP contribution in [0.5, 0.6) is 0 Å². The molecule has 0 N–H and O–H groups in total. The van der Waals surface area contributed by atoms with E-state index in [1.165, 1.54) is 32.6 Å². The predicted octanol–water partition coefficient (Wildman–Crippen LogP) is 11.9. The van der Waals surface area contributed by atoms with E-state index in [1.807, 2.05) is 54.7 Å². The van der Waals surface area contributed by atoms with Gasteiger partial charge in [0.1, 0.15) is 0 Å². The van der Waals surface area contributed by atoms with Gasteiger partial charge in [-0.3, -0.25) is 4.98 Å². The number of benzene rings is 7. The number of pyridine rings is 1. The van der Waals surface area contributed by atoms with Gasteiger partial charge >= 0.3 is 0 Å². The molecule has 0 fully saturated rings. The van der Waals surface area contributed by atoms with Gasteiger partial charge in [0.05, 0.1) is 11.0 Å². The highest BCUT2D eigenvalue weighted by molar-refractivity contribution is 6.21. The summed E-state index contributed by atoms with van der Waals surface area (Å²) in [7, 11) is 0. The van der Waals surface area contributed by atoms with Crippen LogP contribution in [0.3, 0.4) is 0 Å². The summed E-state index contributed by atoms with van der Waals surface area (Å²) in [5.74, 6) is 1.88. The zero-order chi connectivity index (χ0) is 35.1. The Morgan fingerprint density at radius 2 is 0.943 bits per heavy atom. The van der Waals surface area contributed by atoms with Crippen molar-refractivity contribution in [3.05, 3.63) is 188 Å². The first-order valence-electron chi connectivity index (χ1n) is 17.7. The summed E-state index contributed by atoms with van der Waals surface area (Å²) in [5, 5.41) is 4.98. The molecule has 0 amide bonds. The minimum atomic E-state index is 0.621. The van der Waals surface area contributed by atoms with Crippen molar-refractivity contribution in [2.75, 3.05) is 0 Å². The van der Waals surface area contributed by atoms with Gasteiger partial charge in [0, 0.05) is 51.1 Å². The Labute approximate surface area is 306 Å². The van der Waals surface area contributed by atoms with Crippen LogP contribution in [0.2, 0.25) is 0 Å². The van der Waals surface area contributed by atoms with Crippen LogP contribution in [-0.4, -0.2) is 24.5 Å². The van der Waals surface area contributed by atoms with Gasteiger partial charge < -0.3 is 4.57 Å². The van der Waals surface area contributed by atoms with Crippen LogP contribution in [-0.2, 0) is 0 Å². The van der Waals surface area contributed by atoms with E-state index in [-0.39, 0.29) is 0 Å². The van der Waals surface area contributed by atoms with Crippen LogP contribution in [0.15, 0.2) is 188 Å². The van der Waals surface area contributed by atoms with Gasteiger partial charge in [0.2, 0.25) is 0 Å². The number of aromatic nitrogens is 5. The van der Waals surface area contributed by atoms with Gasteiger partial charge in [-0.05, 0) is 69.9 Å². The molecule has 248 valence electrons. The molecule has 0 spiro atoms. The third-order valence-corrected chi connectivity index (χ3v) is 9.93. The first kappa shape index (κ1) is 30.6. The molecule has 10 aromatic rings. The molecule has 10 rings (SSSR count). The topological polar surface area (TPSA) is 56.5 Å². The van der Waals surface area contributed by atoms with Crippen molar-refractivity contribution in [3.8, 4) is 62.1 Å². The van der Waals surface area contributed by atoms with E-state index in [4.69, 9.17) is 15.0 Å². The SMILES string of the molecule is c1ccc(-c2nc(-c3ccc(-c4ccc5c(c4)c4c6ccccc6ccc4n5-c4ccccc4)cc3)nc(-c3cccc(-c4cccnc4)c3)n2)cc1. The van der Waals surface area contributed by atoms with Crippen LogP contribution in [0.4, 0.5) is 0 Å². The normalized spacial score (nSPS) is 11.4. The van der Waals surface area contributed by atoms with Crippen molar-refractivity contribution in [2.24, 2.45) is 0 Å². The maximum Gasteiger partial charge on any atom is 0.164 e. The average molecular weight is 678 g/mol. The first-order valence-corrected chi connectivity index (χ1v) is 17.7. The lowest BCUT2D eigenvalue weighted by molar-refractivity contribution is 1.07. The summed E-state index contributed by atoms with van der Waals surface area (Å²) in [5.41, 5.74) is 10.7. The molecule has 5 heteroatoms. The van der Waals surface area contributed by atoms with E-state index in [2.05, 4.69) is 137 Å². The van der Waals surface area contributed by atoms with Gasteiger partial charge in [-0.1, -0.05) is 133 Å². The van der Waals surface area contributed by atoms with Crippen LogP contribution in [0, 0.1) is 0 Å². The van der Waals surface area contributed by atoms with Crippen molar-refractivity contribution in [2.45, 2.75) is 0 Å². The Hall–Kier alpha value is -7.24. The van der Waals surface area contributed by atoms with Crippen molar-refractivity contribution >= 4 is 32.6 Å². The molecule has 0 saturated carbocycles. The highest BCUT2D eigenvalue weighted by atomic mass is 15.0. The summed E-state index contributed by atoms with van der Waals surface area (Å²) < 4.78 is 2.37. The summed E-state index contributed by atoms with van der Waals surface area (Å²) in [6.07, 6.45) is 3.66. The third kappa shape index (κ3) is 5.52. The lowest BCUT2D eigenvalue weighted by atomic mass is 9.99. The van der Waals surface area contributed by atoms with Crippen LogP contribution in [0.1, 0.15) is 0 Å². The standard InChI is InChI=1S/C48H31N5/c1-3-12-34(13-4-1)46-50-47(52-48(51-46)38-15-9-14-36(29-38)39-16-10-28-49-31-39)35-22-20-32(21-23-35)37-25-26-43-42(30-37)45-41-19-8-7-11-33(41)24-27-44(45)53(43)40-17-5-2-6-18-40/h1-31H. The second-order valence-electron chi connectivity index (χ2n) is 13.2. The predicted molar refractivity (Wildman–Crippen MR) is 217 cm³/mol. The molecule has 7 aromatic carbocycles. The molecule has 3 aromatic heterocycles. The van der Waals surface area contributed by atoms with Gasteiger partial charge in [-0.15, -0.1) is 0 Å². The van der Waals surface area contributed by atoms with Gasteiger partial charge in [-0.25, -0.2) is 15.0 Å². The van der Waals surface area contributed by atoms with Crippen molar-refractivity contribution in [1.82, 2.24) is 24.5 Å². The summed E-state index contributed by atoms with van der Waals surface area (Å²) >= 11 is 0. The highest BCUT2D eigenvalue weighted by Gasteiger charge is 2.17. The lowest BCUT2D eigenvalue weighted by Crippen LogP contribution is -2.00. The van der Waals surface area contributed by atoms with Crippen LogP contribution < -0.4 is 0 Å². The molecular formula is C48H31N5. The Bertz CT molecular complexity index is 2920. The molecule has 0 aliphatic heterocycles. The van der Waals surface area contributed by atoms with Crippen molar-refractivity contribution in [3.63, 3.8) is 0 Å². The molecular weight excluding hydrogens is 647 g/mol. The quantitative estimate of drug-likeness (QED) is 0.176. The smallest absolute Gasteiger partial charge is 0.164 e. The van der Waals surface area contributed by atoms with E-state index in [0.717, 1.165) is 44.6 Å². The van der Waals surface area contributed by atoms with E-state index >= 15 is 0 Å². The number of nitrogens with zero attached hydrogens (tertiary/aromatic N) is 5. The Morgan fingerprint density at radius 3 is 1.72 bits per heavy atom. The monoisotopic (exact) mass is 677 g/mol. The Kier molecular flexibility index (Phi) is 7.40. The summed E-state index contributed by atoms with van der Waals surface area (Å²) in [6, 6.07) is 61.5. The van der Waals surface area contributed by atoms with E-state index in [1.54, 1.807) is 6.20 Å².